The quantitative estimate of drug-likeness (QED) is 0.682. The Labute approximate surface area is 94.4 Å². The molecule has 1 unspecified atom stereocenters. The van der Waals surface area contributed by atoms with Gasteiger partial charge in [0.1, 0.15) is 0 Å². The van der Waals surface area contributed by atoms with Gasteiger partial charge in [-0.15, -0.1) is 0 Å². The number of carbonyl (C=O) groups is 1. The van der Waals surface area contributed by atoms with E-state index in [2.05, 4.69) is 5.32 Å². The number of hydrogen-bond donors (Lipinski definition) is 2. The summed E-state index contributed by atoms with van der Waals surface area (Å²) in [6.45, 7) is 2.25. The summed E-state index contributed by atoms with van der Waals surface area (Å²) in [5.74, 6) is 2.36. The minimum absolute atomic E-state index is 0.187. The average molecular weight is 230 g/mol. The van der Waals surface area contributed by atoms with Gasteiger partial charge in [-0.05, 0) is 6.42 Å². The van der Waals surface area contributed by atoms with Crippen molar-refractivity contribution in [3.8, 4) is 0 Å². The summed E-state index contributed by atoms with van der Waals surface area (Å²) in [6, 6.07) is 0.328. The molecule has 0 spiro atoms. The zero-order valence-electron chi connectivity index (χ0n) is 8.82. The van der Waals surface area contributed by atoms with E-state index in [-0.39, 0.29) is 12.0 Å². The zero-order valence-corrected chi connectivity index (χ0v) is 9.63. The standard InChI is InChI=1S/C10H18N2O2S/c13-9-1-3-12(6-9)10(14)5-8-7-15-4-2-11-8/h8-9,11,13H,1-7H2/t8?,9-/m1/s1. The highest BCUT2D eigenvalue weighted by Gasteiger charge is 2.26. The van der Waals surface area contributed by atoms with Crippen LogP contribution in [0.4, 0.5) is 0 Å². The van der Waals surface area contributed by atoms with Gasteiger partial charge in [0.05, 0.1) is 6.10 Å². The number of aliphatic hydroxyl groups excluding tert-OH is 1. The van der Waals surface area contributed by atoms with Gasteiger partial charge in [0, 0.05) is 43.6 Å². The van der Waals surface area contributed by atoms with Crippen molar-refractivity contribution in [1.82, 2.24) is 10.2 Å². The number of aliphatic hydroxyl groups is 1. The summed E-state index contributed by atoms with van der Waals surface area (Å²) in [6.07, 6.45) is 1.01. The third kappa shape index (κ3) is 3.09. The fraction of sp³-hybridized carbons (Fsp3) is 0.900. The monoisotopic (exact) mass is 230 g/mol. The number of rotatable bonds is 2. The Morgan fingerprint density at radius 3 is 3.07 bits per heavy atom. The molecule has 86 valence electrons. The van der Waals surface area contributed by atoms with Crippen molar-refractivity contribution >= 4 is 17.7 Å². The maximum Gasteiger partial charge on any atom is 0.224 e. The fourth-order valence-corrected chi connectivity index (χ4v) is 3.01. The third-order valence-corrected chi connectivity index (χ3v) is 4.07. The van der Waals surface area contributed by atoms with Gasteiger partial charge in [-0.1, -0.05) is 0 Å². The molecular formula is C10H18N2O2S. The second-order valence-electron chi connectivity index (χ2n) is 4.21. The van der Waals surface area contributed by atoms with Crippen molar-refractivity contribution in [2.75, 3.05) is 31.1 Å². The van der Waals surface area contributed by atoms with Crippen LogP contribution in [-0.4, -0.2) is 59.2 Å². The summed E-state index contributed by atoms with van der Waals surface area (Å²) in [5.41, 5.74) is 0. The van der Waals surface area contributed by atoms with E-state index in [9.17, 15) is 9.90 Å². The molecule has 2 atom stereocenters. The van der Waals surface area contributed by atoms with Crippen LogP contribution in [0.25, 0.3) is 0 Å². The van der Waals surface area contributed by atoms with Crippen molar-refractivity contribution in [3.05, 3.63) is 0 Å². The number of nitrogens with zero attached hydrogens (tertiary/aromatic N) is 1. The predicted molar refractivity (Wildman–Crippen MR) is 60.9 cm³/mol. The minimum Gasteiger partial charge on any atom is -0.391 e. The molecule has 2 fully saturated rings. The van der Waals surface area contributed by atoms with E-state index in [4.69, 9.17) is 0 Å². The molecule has 2 aliphatic heterocycles. The van der Waals surface area contributed by atoms with Gasteiger partial charge in [0.2, 0.25) is 5.91 Å². The molecule has 2 rings (SSSR count). The second-order valence-corrected chi connectivity index (χ2v) is 5.36. The highest BCUT2D eigenvalue weighted by atomic mass is 32.2. The van der Waals surface area contributed by atoms with Crippen molar-refractivity contribution in [3.63, 3.8) is 0 Å². The van der Waals surface area contributed by atoms with Crippen molar-refractivity contribution in [2.24, 2.45) is 0 Å². The van der Waals surface area contributed by atoms with E-state index in [0.717, 1.165) is 31.0 Å². The first kappa shape index (κ1) is 11.2. The summed E-state index contributed by atoms with van der Waals surface area (Å²) < 4.78 is 0. The number of amides is 1. The number of carbonyl (C=O) groups excluding carboxylic acids is 1. The first-order chi connectivity index (χ1) is 7.25. The molecule has 15 heavy (non-hydrogen) atoms. The molecule has 2 aliphatic rings. The molecule has 0 bridgehead atoms. The Kier molecular flexibility index (Phi) is 3.88. The van der Waals surface area contributed by atoms with Gasteiger partial charge < -0.3 is 15.3 Å². The van der Waals surface area contributed by atoms with Crippen LogP contribution in [0.15, 0.2) is 0 Å². The summed E-state index contributed by atoms with van der Waals surface area (Å²) >= 11 is 1.91. The Balaban J connectivity index is 1.76. The largest absolute Gasteiger partial charge is 0.391 e. The highest BCUT2D eigenvalue weighted by molar-refractivity contribution is 7.99. The summed E-state index contributed by atoms with van der Waals surface area (Å²) in [7, 11) is 0. The van der Waals surface area contributed by atoms with E-state index in [1.807, 2.05) is 11.8 Å². The third-order valence-electron chi connectivity index (χ3n) is 2.94. The van der Waals surface area contributed by atoms with Gasteiger partial charge >= 0.3 is 0 Å². The molecule has 1 amide bonds. The first-order valence-electron chi connectivity index (χ1n) is 5.52. The number of thioether (sulfide) groups is 1. The van der Waals surface area contributed by atoms with Crippen molar-refractivity contribution in [2.45, 2.75) is 25.0 Å². The molecule has 0 radical (unpaired) electrons. The van der Waals surface area contributed by atoms with Gasteiger partial charge in [0.15, 0.2) is 0 Å². The van der Waals surface area contributed by atoms with Crippen LogP contribution in [0.1, 0.15) is 12.8 Å². The molecule has 0 saturated carbocycles. The summed E-state index contributed by atoms with van der Waals surface area (Å²) in [5, 5.41) is 12.7. The van der Waals surface area contributed by atoms with E-state index < -0.39 is 0 Å². The lowest BCUT2D eigenvalue weighted by Crippen LogP contribution is -2.42. The average Bonchev–Trinajstić information content (AvgIpc) is 2.66. The summed E-state index contributed by atoms with van der Waals surface area (Å²) in [4.78, 5) is 13.6. The van der Waals surface area contributed by atoms with Gasteiger partial charge in [-0.3, -0.25) is 4.79 Å². The fourth-order valence-electron chi connectivity index (χ4n) is 2.06. The number of likely N-dealkylation sites (tertiary alicyclic amines) is 1. The molecule has 0 aromatic carbocycles. The molecule has 4 nitrogen and oxygen atoms in total. The lowest BCUT2D eigenvalue weighted by atomic mass is 10.2. The number of β-amino-alcohol motifs (C(OH)–C–C–N with tert-alkyl or cyclic N) is 1. The highest BCUT2D eigenvalue weighted by Crippen LogP contribution is 2.14. The predicted octanol–water partition coefficient (Wildman–Crippen LogP) is -0.325. The van der Waals surface area contributed by atoms with Crippen LogP contribution in [0.5, 0.6) is 0 Å². The van der Waals surface area contributed by atoms with Crippen LogP contribution in [0, 0.1) is 0 Å². The maximum absolute atomic E-state index is 11.8. The zero-order chi connectivity index (χ0) is 10.7. The second kappa shape index (κ2) is 5.18. The molecule has 2 heterocycles. The van der Waals surface area contributed by atoms with E-state index in [1.165, 1.54) is 0 Å². The Morgan fingerprint density at radius 2 is 2.47 bits per heavy atom. The lowest BCUT2D eigenvalue weighted by Gasteiger charge is -2.25. The van der Waals surface area contributed by atoms with Crippen LogP contribution < -0.4 is 5.32 Å². The van der Waals surface area contributed by atoms with Crippen molar-refractivity contribution in [1.29, 1.82) is 0 Å². The number of hydrogen-bond acceptors (Lipinski definition) is 4. The van der Waals surface area contributed by atoms with Crippen LogP contribution in [-0.2, 0) is 4.79 Å². The molecular weight excluding hydrogens is 212 g/mol. The van der Waals surface area contributed by atoms with Crippen LogP contribution >= 0.6 is 11.8 Å². The van der Waals surface area contributed by atoms with Crippen LogP contribution in [0.3, 0.4) is 0 Å². The van der Waals surface area contributed by atoms with Gasteiger partial charge in [-0.2, -0.15) is 11.8 Å². The van der Waals surface area contributed by atoms with Gasteiger partial charge in [0.25, 0.3) is 0 Å². The van der Waals surface area contributed by atoms with Gasteiger partial charge in [-0.25, -0.2) is 0 Å². The Bertz CT molecular complexity index is 231. The smallest absolute Gasteiger partial charge is 0.224 e. The Hall–Kier alpha value is -0.260. The molecule has 0 aromatic rings. The molecule has 2 saturated heterocycles. The SMILES string of the molecule is O=C(CC1CSCCN1)N1CC[C@@H](O)C1. The lowest BCUT2D eigenvalue weighted by molar-refractivity contribution is -0.130. The first-order valence-corrected chi connectivity index (χ1v) is 6.68. The van der Waals surface area contributed by atoms with E-state index in [0.29, 0.717) is 19.0 Å². The molecule has 2 N–H and O–H groups in total. The minimum atomic E-state index is -0.303. The topological polar surface area (TPSA) is 52.6 Å². The Morgan fingerprint density at radius 1 is 1.60 bits per heavy atom. The van der Waals surface area contributed by atoms with Crippen molar-refractivity contribution < 1.29 is 9.90 Å². The van der Waals surface area contributed by atoms with Crippen LogP contribution in [0.2, 0.25) is 0 Å². The maximum atomic E-state index is 11.8. The van der Waals surface area contributed by atoms with E-state index >= 15 is 0 Å². The molecule has 5 heteroatoms. The molecule has 0 aliphatic carbocycles. The normalized spacial score (nSPS) is 31.9. The molecule has 0 aromatic heterocycles. The number of nitrogens with one attached hydrogen (secondary N) is 1. The van der Waals surface area contributed by atoms with E-state index in [1.54, 1.807) is 4.90 Å².